The van der Waals surface area contributed by atoms with E-state index < -0.39 is 5.91 Å². The summed E-state index contributed by atoms with van der Waals surface area (Å²) in [5, 5.41) is 31.1. The number of amides is 8. The van der Waals surface area contributed by atoms with Gasteiger partial charge in [-0.15, -0.1) is 0 Å². The number of carbonyl (C=O) groups excluding carboxylic acids is 8. The van der Waals surface area contributed by atoms with Gasteiger partial charge in [0, 0.05) is 132 Å². The Labute approximate surface area is 726 Å². The number of aromatic nitrogens is 4. The Morgan fingerprint density at radius 1 is 0.345 bits per heavy atom. The molecule has 8 aromatic carbocycles. The second-order valence-electron chi connectivity index (χ2n) is 26.5. The topological polar surface area (TPSA) is 299 Å². The average Bonchev–Trinajstić information content (AvgIpc) is 1.66. The molecule has 119 heavy (non-hydrogen) atoms. The van der Waals surface area contributed by atoms with Gasteiger partial charge in [-0.1, -0.05) is 124 Å². The lowest BCUT2D eigenvalue weighted by molar-refractivity contribution is 0.0825. The molecule has 13 rings (SSSR count). The van der Waals surface area contributed by atoms with Gasteiger partial charge in [0.05, 0.1) is 91.8 Å². The SMILES string of the molecule is CCCNC(=O)c1ccc(C(=O)Nc2ccc(Cl)c(-c3ccccn3)c2)c(Cl)c1.CN(C)C(=O)c1ccc(C(=O)Nc2ccc(Cl)c(-c3ccccn3)c2)c(Cl)c1.O=C(NCCN1CCCC1)c1ccc(C(=O)Nc2ccc(Cl)c(-c3ccccn3)c2)c(Cl)c1.O=C(NCCO)c1ccc(C(=O)Nc2ccc(Cl)c(-c3ccccn3)c2)c(Cl)c1. The van der Waals surface area contributed by atoms with Crippen molar-refractivity contribution in [1.82, 2.24) is 45.7 Å². The van der Waals surface area contributed by atoms with E-state index in [4.69, 9.17) is 97.9 Å². The van der Waals surface area contributed by atoms with Gasteiger partial charge in [0.2, 0.25) is 0 Å². The van der Waals surface area contributed by atoms with Crippen molar-refractivity contribution in [2.45, 2.75) is 26.2 Å². The summed E-state index contributed by atoms with van der Waals surface area (Å²) in [4.78, 5) is 120. The molecule has 0 saturated carbocycles. The monoisotopic (exact) mass is 1750 g/mol. The van der Waals surface area contributed by atoms with E-state index in [-0.39, 0.29) is 96.8 Å². The summed E-state index contributed by atoms with van der Waals surface area (Å²) in [5.41, 5.74) is 10.4. The fourth-order valence-corrected chi connectivity index (χ4v) is 13.7. The minimum absolute atomic E-state index is 0.133. The van der Waals surface area contributed by atoms with E-state index in [1.807, 2.05) is 73.7 Å². The second-order valence-corrected chi connectivity index (χ2v) is 29.7. The highest BCUT2D eigenvalue weighted by molar-refractivity contribution is 6.38. The average molecular weight is 1760 g/mol. The maximum atomic E-state index is 12.8. The zero-order chi connectivity index (χ0) is 85.1. The zero-order valence-electron chi connectivity index (χ0n) is 64.1. The molecular formula is C89H77Cl8N13O9. The number of likely N-dealkylation sites (tertiary alicyclic amines) is 1. The first kappa shape index (κ1) is 89.7. The van der Waals surface area contributed by atoms with Crippen LogP contribution in [0, 0.1) is 0 Å². The van der Waals surface area contributed by atoms with Gasteiger partial charge in [-0.3, -0.25) is 58.3 Å². The van der Waals surface area contributed by atoms with Gasteiger partial charge < -0.3 is 52.1 Å². The van der Waals surface area contributed by atoms with E-state index in [2.05, 4.69) is 62.1 Å². The molecule has 0 bridgehead atoms. The molecule has 0 atom stereocenters. The smallest absolute Gasteiger partial charge is 0.257 e. The molecule has 1 aliphatic rings. The van der Waals surface area contributed by atoms with E-state index in [0.29, 0.717) is 123 Å². The predicted molar refractivity (Wildman–Crippen MR) is 474 cm³/mol. The summed E-state index contributed by atoms with van der Waals surface area (Å²) < 4.78 is 0. The number of hydrogen-bond acceptors (Lipinski definition) is 14. The Hall–Kier alpha value is -11.6. The highest BCUT2D eigenvalue weighted by Crippen LogP contribution is 2.35. The number of nitrogens with one attached hydrogen (secondary N) is 7. The number of aliphatic hydroxyl groups excluding tert-OH is 1. The molecule has 1 fully saturated rings. The van der Waals surface area contributed by atoms with E-state index in [0.717, 1.165) is 26.1 Å². The Kier molecular flexibility index (Phi) is 33.3. The van der Waals surface area contributed by atoms with Gasteiger partial charge in [-0.2, -0.15) is 0 Å². The molecule has 12 aromatic rings. The number of rotatable bonds is 23. The number of carbonyl (C=O) groups is 8. The number of benzene rings is 8. The zero-order valence-corrected chi connectivity index (χ0v) is 70.1. The van der Waals surface area contributed by atoms with E-state index in [1.165, 1.54) is 66.3 Å². The molecule has 0 unspecified atom stereocenters. The molecule has 608 valence electrons. The summed E-state index contributed by atoms with van der Waals surface area (Å²) in [5.74, 6) is -2.58. The maximum Gasteiger partial charge on any atom is 0.257 e. The summed E-state index contributed by atoms with van der Waals surface area (Å²) >= 11 is 50.2. The molecule has 0 radical (unpaired) electrons. The van der Waals surface area contributed by atoms with E-state index in [1.54, 1.807) is 142 Å². The van der Waals surface area contributed by atoms with Crippen molar-refractivity contribution in [1.29, 1.82) is 0 Å². The Bertz CT molecular complexity index is 5470. The number of nitrogens with zero attached hydrogens (tertiary/aromatic N) is 6. The predicted octanol–water partition coefficient (Wildman–Crippen LogP) is 19.6. The van der Waals surface area contributed by atoms with E-state index in [9.17, 15) is 38.4 Å². The standard InChI is InChI=1S/C25H24Cl2N4O2.C22H19Cl2N3O2.C21H17Cl2N3O3.C21H17Cl2N3O2/c26-21-9-7-18(16-20(21)23-5-1-2-10-28-23)30-25(33)19-8-6-17(15-22(19)27)24(32)29-11-14-31-12-3-4-13-31;1-2-10-26-21(28)14-6-8-16(19(24)12-14)22(29)27-15-7-9-18(23)17(13-15)20-5-3-4-11-25-20;22-17-7-5-14(12-16(17)19-3-1-2-8-24-19)26-21(29)15-6-4-13(11-18(15)23)20(28)25-9-10-27;1-26(2)21(28)13-6-8-15(18(23)11-13)20(27)25-14-7-9-17(22)16(12-14)19-5-3-4-10-24-19/h1-2,5-10,15-16H,3-4,11-14H2,(H,29,32)(H,30,33);3-9,11-13H,2,10H2,1H3,(H,26,28)(H,27,29);1-8,11-12,27H,9-10H2,(H,25,28)(H,26,29);3-12H,1-2H3,(H,25,27). The van der Waals surface area contributed by atoms with Gasteiger partial charge in [0.15, 0.2) is 0 Å². The van der Waals surface area contributed by atoms with Crippen molar-refractivity contribution in [2.75, 3.05) is 81.2 Å². The summed E-state index contributed by atoms with van der Waals surface area (Å²) in [6.07, 6.45) is 9.96. The first-order valence-electron chi connectivity index (χ1n) is 37.0. The van der Waals surface area contributed by atoms with Crippen molar-refractivity contribution in [3.63, 3.8) is 0 Å². The fraction of sp³-hybridized carbons (Fsp3) is 0.146. The Morgan fingerprint density at radius 3 is 0.899 bits per heavy atom. The van der Waals surface area contributed by atoms with Gasteiger partial charge in [0.1, 0.15) is 0 Å². The van der Waals surface area contributed by atoms with Crippen LogP contribution >= 0.6 is 92.8 Å². The lowest BCUT2D eigenvalue weighted by atomic mass is 10.1. The van der Waals surface area contributed by atoms with Crippen molar-refractivity contribution in [3.05, 3.63) is 328 Å². The van der Waals surface area contributed by atoms with E-state index >= 15 is 0 Å². The van der Waals surface area contributed by atoms with Crippen LogP contribution in [0.4, 0.5) is 22.7 Å². The first-order chi connectivity index (χ1) is 57.4. The minimum atomic E-state index is -0.424. The molecule has 1 saturated heterocycles. The Morgan fingerprint density at radius 2 is 0.630 bits per heavy atom. The van der Waals surface area contributed by atoms with Crippen LogP contribution in [0.2, 0.25) is 40.2 Å². The molecular weight excluding hydrogens is 1680 g/mol. The molecule has 1 aliphatic heterocycles. The lowest BCUT2D eigenvalue weighted by Crippen LogP contribution is -2.33. The third-order valence-corrected chi connectivity index (χ3v) is 20.4. The summed E-state index contributed by atoms with van der Waals surface area (Å²) in [7, 11) is 3.30. The van der Waals surface area contributed by atoms with Crippen LogP contribution < -0.4 is 37.2 Å². The molecule has 22 nitrogen and oxygen atoms in total. The summed E-state index contributed by atoms with van der Waals surface area (Å²) in [6.45, 7) is 6.10. The molecule has 0 aliphatic carbocycles. The van der Waals surface area contributed by atoms with Gasteiger partial charge in [-0.05, 0) is 226 Å². The van der Waals surface area contributed by atoms with Crippen molar-refractivity contribution in [3.8, 4) is 45.0 Å². The number of halogens is 8. The number of pyridine rings is 4. The lowest BCUT2D eigenvalue weighted by Gasteiger charge is -2.15. The number of anilines is 4. The molecule has 8 amide bonds. The molecule has 5 heterocycles. The van der Waals surface area contributed by atoms with Gasteiger partial charge in [-0.25, -0.2) is 0 Å². The second kappa shape index (κ2) is 44.2. The number of aliphatic hydroxyl groups is 1. The third kappa shape index (κ3) is 25.4. The highest BCUT2D eigenvalue weighted by Gasteiger charge is 2.22. The largest absolute Gasteiger partial charge is 0.395 e. The van der Waals surface area contributed by atoms with Crippen LogP contribution in [0.5, 0.6) is 0 Å². The normalized spacial score (nSPS) is 11.3. The molecule has 4 aromatic heterocycles. The van der Waals surface area contributed by atoms with Crippen molar-refractivity contribution in [2.24, 2.45) is 0 Å². The van der Waals surface area contributed by atoms with Crippen LogP contribution in [0.15, 0.2) is 243 Å². The summed E-state index contributed by atoms with van der Waals surface area (Å²) in [6, 6.07) is 60.9. The fourth-order valence-electron chi connectivity index (χ4n) is 11.7. The van der Waals surface area contributed by atoms with Gasteiger partial charge in [0.25, 0.3) is 47.3 Å². The Balaban J connectivity index is 0.000000167. The minimum Gasteiger partial charge on any atom is -0.395 e. The third-order valence-electron chi connectivity index (χ3n) is 17.8. The van der Waals surface area contributed by atoms with Crippen LogP contribution in [0.25, 0.3) is 45.0 Å². The first-order valence-corrected chi connectivity index (χ1v) is 40.1. The molecule has 8 N–H and O–H groups in total. The molecule has 30 heteroatoms. The maximum absolute atomic E-state index is 12.8. The quantitative estimate of drug-likeness (QED) is 0.0295. The van der Waals surface area contributed by atoms with Crippen LogP contribution in [-0.4, -0.2) is 142 Å². The molecule has 0 spiro atoms. The number of hydrogen-bond donors (Lipinski definition) is 8. The van der Waals surface area contributed by atoms with Crippen LogP contribution in [-0.2, 0) is 0 Å². The highest BCUT2D eigenvalue weighted by atomic mass is 35.5. The van der Waals surface area contributed by atoms with Crippen LogP contribution in [0.3, 0.4) is 0 Å². The van der Waals surface area contributed by atoms with Crippen LogP contribution in [0.1, 0.15) is 109 Å². The van der Waals surface area contributed by atoms with Gasteiger partial charge >= 0.3 is 0 Å². The van der Waals surface area contributed by atoms with Crippen molar-refractivity contribution >= 4 is 163 Å². The van der Waals surface area contributed by atoms with Crippen molar-refractivity contribution < 1.29 is 43.5 Å².